The fourth-order valence-electron chi connectivity index (χ4n) is 3.94. The maximum Gasteiger partial charge on any atom is 0.490 e. The highest BCUT2D eigenvalue weighted by Crippen LogP contribution is 2.33. The number of thiazole rings is 1. The average Bonchev–Trinajstić information content (AvgIpc) is 3.63. The summed E-state index contributed by atoms with van der Waals surface area (Å²) in [6.07, 6.45) is -4.18. The first-order valence-electron chi connectivity index (χ1n) is 12.5. The van der Waals surface area contributed by atoms with Crippen molar-refractivity contribution in [1.82, 2.24) is 20.4 Å². The quantitative estimate of drug-likeness (QED) is 0.280. The van der Waals surface area contributed by atoms with Crippen molar-refractivity contribution in [2.75, 3.05) is 46.5 Å². The summed E-state index contributed by atoms with van der Waals surface area (Å²) in [4.78, 5) is 28.7. The molecule has 3 heterocycles. The molecule has 1 aliphatic heterocycles. The molecule has 0 radical (unpaired) electrons. The Morgan fingerprint density at radius 3 is 2.51 bits per heavy atom. The summed E-state index contributed by atoms with van der Waals surface area (Å²) in [7, 11) is 1.65. The second-order valence-electron chi connectivity index (χ2n) is 8.87. The summed E-state index contributed by atoms with van der Waals surface area (Å²) in [5.74, 6) is -2.06. The molecular formula is C27H27F3N4O6S. The third-order valence-electron chi connectivity index (χ3n) is 6.10. The van der Waals surface area contributed by atoms with E-state index < -0.39 is 12.1 Å². The number of methoxy groups -OCH3 is 1. The van der Waals surface area contributed by atoms with Crippen molar-refractivity contribution in [3.63, 3.8) is 0 Å². The van der Waals surface area contributed by atoms with Gasteiger partial charge in [-0.25, -0.2) is 9.78 Å². The third-order valence-corrected chi connectivity index (χ3v) is 6.99. The first-order valence-corrected chi connectivity index (χ1v) is 13.4. The average molecular weight is 593 g/mol. The van der Waals surface area contributed by atoms with Gasteiger partial charge in [0.2, 0.25) is 0 Å². The molecule has 14 heteroatoms. The van der Waals surface area contributed by atoms with Crippen molar-refractivity contribution in [2.45, 2.75) is 12.6 Å². The fourth-order valence-corrected chi connectivity index (χ4v) is 4.76. The van der Waals surface area contributed by atoms with Crippen LogP contribution in [-0.4, -0.2) is 84.7 Å². The second kappa shape index (κ2) is 13.6. The van der Waals surface area contributed by atoms with Crippen LogP contribution in [0.4, 0.5) is 13.2 Å². The maximum absolute atomic E-state index is 12.7. The van der Waals surface area contributed by atoms with E-state index in [1.165, 1.54) is 11.3 Å². The van der Waals surface area contributed by atoms with Gasteiger partial charge in [0.25, 0.3) is 5.91 Å². The smallest absolute Gasteiger partial charge is 0.490 e. The number of carboxylic acid groups (broad SMARTS) is 1. The highest BCUT2D eigenvalue weighted by molar-refractivity contribution is 7.13. The molecule has 2 aromatic heterocycles. The third kappa shape index (κ3) is 8.02. The number of hydrogen-bond acceptors (Lipinski definition) is 9. The number of amides is 1. The van der Waals surface area contributed by atoms with Crippen molar-refractivity contribution in [3.05, 3.63) is 53.4 Å². The van der Waals surface area contributed by atoms with Crippen molar-refractivity contribution < 1.29 is 41.9 Å². The lowest BCUT2D eigenvalue weighted by atomic mass is 10.1. The summed E-state index contributed by atoms with van der Waals surface area (Å²) in [6.45, 7) is 5.07. The number of carbonyl (C=O) groups excluding carboxylic acids is 1. The molecule has 4 aromatic rings. The number of rotatable bonds is 8. The van der Waals surface area contributed by atoms with Gasteiger partial charge >= 0.3 is 12.1 Å². The standard InChI is InChI=1S/C25H26N4O4S.C2HF3O2/c1-31-19-6-3-17(4-7-19)25-27-21(16-34-25)23-20-15-18(5-8-22(20)33-28-23)24(30)26-9-2-10-29-11-13-32-14-12-29;3-2(4,5)1(6)7/h3-8,15-16H,2,9-14H2,1H3,(H,26,30);(H,6,7). The van der Waals surface area contributed by atoms with Crippen molar-refractivity contribution >= 4 is 34.2 Å². The van der Waals surface area contributed by atoms with Crippen LogP contribution in [0.2, 0.25) is 0 Å². The zero-order valence-corrected chi connectivity index (χ0v) is 22.8. The number of morpholine rings is 1. The molecule has 0 aliphatic carbocycles. The van der Waals surface area contributed by atoms with E-state index in [4.69, 9.17) is 28.9 Å². The molecular weight excluding hydrogens is 565 g/mol. The van der Waals surface area contributed by atoms with Gasteiger partial charge in [-0.3, -0.25) is 9.69 Å². The monoisotopic (exact) mass is 592 g/mol. The second-order valence-corrected chi connectivity index (χ2v) is 9.73. The number of alkyl halides is 3. The molecule has 0 unspecified atom stereocenters. The van der Waals surface area contributed by atoms with Gasteiger partial charge in [0, 0.05) is 36.1 Å². The largest absolute Gasteiger partial charge is 0.497 e. The van der Waals surface area contributed by atoms with E-state index >= 15 is 0 Å². The SMILES string of the molecule is COc1ccc(-c2nc(-c3noc4ccc(C(=O)NCCCN5CCOCC5)cc34)cs2)cc1.O=C(O)C(F)(F)F. The molecule has 5 rings (SSSR count). The first kappa shape index (κ1) is 30.0. The number of nitrogens with zero attached hydrogens (tertiary/aromatic N) is 3. The fraction of sp³-hybridized carbons (Fsp3) is 0.333. The van der Waals surface area contributed by atoms with E-state index in [0.717, 1.165) is 66.7 Å². The van der Waals surface area contributed by atoms with Gasteiger partial charge in [-0.05, 0) is 55.4 Å². The minimum absolute atomic E-state index is 0.103. The van der Waals surface area contributed by atoms with Gasteiger partial charge in [0.15, 0.2) is 5.58 Å². The molecule has 0 spiro atoms. The lowest BCUT2D eigenvalue weighted by Gasteiger charge is -2.26. The van der Waals surface area contributed by atoms with Crippen molar-refractivity contribution in [1.29, 1.82) is 0 Å². The van der Waals surface area contributed by atoms with E-state index in [1.54, 1.807) is 19.2 Å². The minimum Gasteiger partial charge on any atom is -0.497 e. The van der Waals surface area contributed by atoms with E-state index in [-0.39, 0.29) is 5.91 Å². The summed E-state index contributed by atoms with van der Waals surface area (Å²) >= 11 is 1.53. The van der Waals surface area contributed by atoms with Gasteiger partial charge in [-0.15, -0.1) is 11.3 Å². The number of hydrogen-bond donors (Lipinski definition) is 2. The van der Waals surface area contributed by atoms with E-state index in [9.17, 15) is 18.0 Å². The zero-order valence-electron chi connectivity index (χ0n) is 21.9. The zero-order chi connectivity index (χ0) is 29.4. The molecule has 41 heavy (non-hydrogen) atoms. The molecule has 1 fully saturated rings. The normalized spacial score (nSPS) is 13.9. The summed E-state index contributed by atoms with van der Waals surface area (Å²) in [5, 5.41) is 18.0. The van der Waals surface area contributed by atoms with Gasteiger partial charge in [-0.1, -0.05) is 5.16 Å². The number of aromatic nitrogens is 2. The number of carboxylic acids is 1. The molecule has 1 amide bonds. The Balaban J connectivity index is 0.000000493. The predicted octanol–water partition coefficient (Wildman–Crippen LogP) is 4.71. The molecule has 0 bridgehead atoms. The van der Waals surface area contributed by atoms with Gasteiger partial charge in [0.1, 0.15) is 22.1 Å². The lowest BCUT2D eigenvalue weighted by Crippen LogP contribution is -2.38. The maximum atomic E-state index is 12.7. The Kier molecular flexibility index (Phi) is 9.91. The van der Waals surface area contributed by atoms with Gasteiger partial charge < -0.3 is 24.4 Å². The summed E-state index contributed by atoms with van der Waals surface area (Å²) in [5.41, 5.74) is 3.56. The van der Waals surface area contributed by atoms with Crippen LogP contribution in [0.1, 0.15) is 16.8 Å². The molecule has 2 N–H and O–H groups in total. The summed E-state index contributed by atoms with van der Waals surface area (Å²) < 4.78 is 47.8. The number of carbonyl (C=O) groups is 2. The van der Waals surface area contributed by atoms with Crippen LogP contribution in [0.15, 0.2) is 52.4 Å². The Morgan fingerprint density at radius 1 is 1.15 bits per heavy atom. The molecule has 2 aromatic carbocycles. The van der Waals surface area contributed by atoms with Crippen LogP contribution in [0.3, 0.4) is 0 Å². The number of ether oxygens (including phenoxy) is 2. The van der Waals surface area contributed by atoms with E-state index in [2.05, 4.69) is 15.4 Å². The van der Waals surface area contributed by atoms with Crippen LogP contribution < -0.4 is 10.1 Å². The van der Waals surface area contributed by atoms with Crippen LogP contribution in [0.5, 0.6) is 5.75 Å². The first-order chi connectivity index (χ1) is 19.7. The van der Waals surface area contributed by atoms with Crippen LogP contribution in [0, 0.1) is 0 Å². The molecule has 218 valence electrons. The highest BCUT2D eigenvalue weighted by Gasteiger charge is 2.38. The predicted molar refractivity (Wildman–Crippen MR) is 145 cm³/mol. The Morgan fingerprint density at radius 2 is 1.85 bits per heavy atom. The van der Waals surface area contributed by atoms with E-state index in [1.807, 2.05) is 35.7 Å². The Hall–Kier alpha value is -4.01. The van der Waals surface area contributed by atoms with Crippen LogP contribution >= 0.6 is 11.3 Å². The van der Waals surface area contributed by atoms with Crippen LogP contribution in [-0.2, 0) is 9.53 Å². The Labute approximate surface area is 236 Å². The highest BCUT2D eigenvalue weighted by atomic mass is 32.1. The Bertz CT molecular complexity index is 1470. The lowest BCUT2D eigenvalue weighted by molar-refractivity contribution is -0.192. The van der Waals surface area contributed by atoms with Gasteiger partial charge in [0.05, 0.1) is 25.7 Å². The molecule has 1 aliphatic rings. The number of nitrogens with one attached hydrogen (secondary N) is 1. The van der Waals surface area contributed by atoms with Crippen molar-refractivity contribution in [2.24, 2.45) is 0 Å². The number of halogens is 3. The molecule has 10 nitrogen and oxygen atoms in total. The van der Waals surface area contributed by atoms with E-state index in [0.29, 0.717) is 23.4 Å². The minimum atomic E-state index is -5.08. The van der Waals surface area contributed by atoms with Crippen LogP contribution in [0.25, 0.3) is 32.9 Å². The number of fused-ring (bicyclic) bond motifs is 1. The number of aliphatic carboxylic acids is 1. The molecule has 0 saturated carbocycles. The summed E-state index contributed by atoms with van der Waals surface area (Å²) in [6, 6.07) is 13.1. The van der Waals surface area contributed by atoms with Gasteiger partial charge in [-0.2, -0.15) is 13.2 Å². The van der Waals surface area contributed by atoms with Crippen molar-refractivity contribution in [3.8, 4) is 27.7 Å². The topological polar surface area (TPSA) is 127 Å². The molecule has 1 saturated heterocycles. The number of benzene rings is 2. The molecule has 0 atom stereocenters.